The highest BCUT2D eigenvalue weighted by molar-refractivity contribution is 5.98. The molecule has 0 unspecified atom stereocenters. The first-order chi connectivity index (χ1) is 17.2. The van der Waals surface area contributed by atoms with Crippen molar-refractivity contribution in [3.63, 3.8) is 0 Å². The lowest BCUT2D eigenvalue weighted by Crippen LogP contribution is -2.40. The fourth-order valence-corrected chi connectivity index (χ4v) is 3.06. The molecule has 2 atom stereocenters. The van der Waals surface area contributed by atoms with E-state index in [1.807, 2.05) is 0 Å². The first kappa shape index (κ1) is 28.2. The van der Waals surface area contributed by atoms with Gasteiger partial charge >= 0.3 is 11.9 Å². The van der Waals surface area contributed by atoms with Crippen molar-refractivity contribution in [2.75, 3.05) is 27.6 Å². The fraction of sp³-hybridized carbons (Fsp3) is 0.360. The second-order valence-corrected chi connectivity index (χ2v) is 7.65. The summed E-state index contributed by atoms with van der Waals surface area (Å²) in [6.07, 6.45) is 1.72. The van der Waals surface area contributed by atoms with Crippen LogP contribution >= 0.6 is 0 Å². The smallest absolute Gasteiger partial charge is 0.333 e. The van der Waals surface area contributed by atoms with Crippen LogP contribution in [0.1, 0.15) is 29.9 Å². The van der Waals surface area contributed by atoms with Crippen molar-refractivity contribution in [3.8, 4) is 11.5 Å². The number of aromatic nitrogens is 1. The molecule has 1 N–H and O–H groups in total. The monoisotopic (exact) mass is 504 g/mol. The molecule has 0 aliphatic heterocycles. The molecule has 0 aliphatic carbocycles. The zero-order valence-electron chi connectivity index (χ0n) is 20.5. The van der Waals surface area contributed by atoms with Crippen LogP contribution in [-0.2, 0) is 30.2 Å². The molecule has 0 saturated heterocycles. The zero-order valence-corrected chi connectivity index (χ0v) is 20.5. The molecule has 0 aliphatic rings. The van der Waals surface area contributed by atoms with Gasteiger partial charge < -0.3 is 29.0 Å². The molecule has 2 rings (SSSR count). The molecule has 10 nitrogen and oxygen atoms in total. The van der Waals surface area contributed by atoms with E-state index in [-0.39, 0.29) is 35.4 Å². The van der Waals surface area contributed by atoms with Gasteiger partial charge in [-0.05, 0) is 31.0 Å². The molecule has 194 valence electrons. The van der Waals surface area contributed by atoms with Gasteiger partial charge in [-0.1, -0.05) is 18.7 Å². The predicted molar refractivity (Wildman–Crippen MR) is 126 cm³/mol. The number of methoxy groups -OCH3 is 2. The van der Waals surface area contributed by atoms with Crippen molar-refractivity contribution in [2.24, 2.45) is 5.92 Å². The zero-order chi connectivity index (χ0) is 26.7. The van der Waals surface area contributed by atoms with E-state index in [9.17, 15) is 18.8 Å². The normalized spacial score (nSPS) is 12.1. The molecule has 0 fully saturated rings. The van der Waals surface area contributed by atoms with Gasteiger partial charge in [0.1, 0.15) is 17.6 Å². The topological polar surface area (TPSA) is 122 Å². The maximum atomic E-state index is 13.2. The summed E-state index contributed by atoms with van der Waals surface area (Å²) in [4.78, 5) is 40.5. The van der Waals surface area contributed by atoms with Crippen molar-refractivity contribution < 1.29 is 42.5 Å². The van der Waals surface area contributed by atoms with Gasteiger partial charge in [0.25, 0.3) is 5.91 Å². The third-order valence-electron chi connectivity index (χ3n) is 4.92. The Morgan fingerprint density at radius 3 is 2.44 bits per heavy atom. The molecule has 0 saturated carbocycles. The van der Waals surface area contributed by atoms with Crippen LogP contribution in [0.2, 0.25) is 0 Å². The Morgan fingerprint density at radius 1 is 1.14 bits per heavy atom. The molecular formula is C25H29FN2O8. The lowest BCUT2D eigenvalue weighted by molar-refractivity contribution is -0.147. The number of carbonyl (C=O) groups is 3. The minimum atomic E-state index is -1.09. The molecule has 11 heteroatoms. The molecule has 2 aromatic rings. The SMILES string of the molecule is C=C(OC(=O)[C@H](C)NC(=O)c1nccc(OC)c1OCOC(C)=O)[C@@H](COC)Cc1ccc(F)cc1. The number of nitrogens with zero attached hydrogens (tertiary/aromatic N) is 1. The minimum absolute atomic E-state index is 0.0665. The molecular weight excluding hydrogens is 475 g/mol. The number of ether oxygens (including phenoxy) is 5. The summed E-state index contributed by atoms with van der Waals surface area (Å²) >= 11 is 0. The van der Waals surface area contributed by atoms with Crippen molar-refractivity contribution >= 4 is 17.8 Å². The second-order valence-electron chi connectivity index (χ2n) is 7.65. The molecule has 1 amide bonds. The maximum absolute atomic E-state index is 13.2. The highest BCUT2D eigenvalue weighted by Gasteiger charge is 2.26. The molecule has 1 aromatic heterocycles. The Bertz CT molecular complexity index is 1070. The van der Waals surface area contributed by atoms with Crippen LogP contribution in [0.5, 0.6) is 11.5 Å². The van der Waals surface area contributed by atoms with E-state index in [0.29, 0.717) is 6.42 Å². The largest absolute Gasteiger partial charge is 0.493 e. The summed E-state index contributed by atoms with van der Waals surface area (Å²) in [7, 11) is 2.86. The van der Waals surface area contributed by atoms with Gasteiger partial charge in [0.15, 0.2) is 17.2 Å². The number of carbonyl (C=O) groups excluding carboxylic acids is 3. The van der Waals surface area contributed by atoms with Crippen LogP contribution in [0.3, 0.4) is 0 Å². The Balaban J connectivity index is 2.05. The number of halogens is 1. The molecule has 36 heavy (non-hydrogen) atoms. The van der Waals surface area contributed by atoms with E-state index in [1.165, 1.54) is 52.5 Å². The number of pyridine rings is 1. The van der Waals surface area contributed by atoms with Crippen LogP contribution in [-0.4, -0.2) is 56.5 Å². The molecule has 0 radical (unpaired) electrons. The first-order valence-electron chi connectivity index (χ1n) is 10.9. The molecule has 1 heterocycles. The van der Waals surface area contributed by atoms with E-state index < -0.39 is 36.6 Å². The van der Waals surface area contributed by atoms with Crippen molar-refractivity contribution in [2.45, 2.75) is 26.3 Å². The number of esters is 2. The highest BCUT2D eigenvalue weighted by atomic mass is 19.1. The number of nitrogens with one attached hydrogen (secondary N) is 1. The van der Waals surface area contributed by atoms with E-state index in [2.05, 4.69) is 16.9 Å². The van der Waals surface area contributed by atoms with Crippen LogP contribution in [0.15, 0.2) is 48.9 Å². The average Bonchev–Trinajstić information content (AvgIpc) is 2.84. The average molecular weight is 505 g/mol. The quantitative estimate of drug-likeness (QED) is 0.249. The van der Waals surface area contributed by atoms with Gasteiger partial charge in [0.2, 0.25) is 6.79 Å². The van der Waals surface area contributed by atoms with E-state index in [0.717, 1.165) is 5.56 Å². The summed E-state index contributed by atoms with van der Waals surface area (Å²) in [5.74, 6) is -2.60. The lowest BCUT2D eigenvalue weighted by Gasteiger charge is -2.21. The Kier molecular flexibility index (Phi) is 10.8. The fourth-order valence-electron chi connectivity index (χ4n) is 3.06. The summed E-state index contributed by atoms with van der Waals surface area (Å²) in [5, 5.41) is 2.49. The van der Waals surface area contributed by atoms with Crippen LogP contribution in [0, 0.1) is 11.7 Å². The standard InChI is InChI=1S/C25H29FN2O8/c1-15(25(31)36-16(2)19(13-32-4)12-18-6-8-20(26)9-7-18)28-24(30)22-23(35-14-34-17(3)29)21(33-5)10-11-27-22/h6-11,15,19H,2,12-14H2,1,3-5H3,(H,28,30)/t15-,19+/m0/s1. The van der Waals surface area contributed by atoms with Gasteiger partial charge in [-0.15, -0.1) is 0 Å². The van der Waals surface area contributed by atoms with Crippen molar-refractivity contribution in [3.05, 3.63) is 65.9 Å². The number of hydrogen-bond donors (Lipinski definition) is 1. The van der Waals surface area contributed by atoms with Crippen LogP contribution in [0.4, 0.5) is 4.39 Å². The third kappa shape index (κ3) is 8.35. The van der Waals surface area contributed by atoms with Crippen LogP contribution in [0.25, 0.3) is 0 Å². The second kappa shape index (κ2) is 13.8. The lowest BCUT2D eigenvalue weighted by atomic mass is 9.98. The van der Waals surface area contributed by atoms with Crippen molar-refractivity contribution in [1.29, 1.82) is 0 Å². The van der Waals surface area contributed by atoms with Gasteiger partial charge in [-0.25, -0.2) is 14.2 Å². The summed E-state index contributed by atoms with van der Waals surface area (Å²) in [6.45, 7) is 6.21. The molecule has 1 aromatic carbocycles. The first-order valence-corrected chi connectivity index (χ1v) is 10.9. The number of benzene rings is 1. The highest BCUT2D eigenvalue weighted by Crippen LogP contribution is 2.29. The summed E-state index contributed by atoms with van der Waals surface area (Å²) < 4.78 is 39.1. The maximum Gasteiger partial charge on any atom is 0.333 e. The van der Waals surface area contributed by atoms with Crippen LogP contribution < -0.4 is 14.8 Å². The summed E-state index contributed by atoms with van der Waals surface area (Å²) in [5.41, 5.74) is 0.621. The van der Waals surface area contributed by atoms with Crippen molar-refractivity contribution in [1.82, 2.24) is 10.3 Å². The van der Waals surface area contributed by atoms with Gasteiger partial charge in [-0.2, -0.15) is 0 Å². The Labute approximate surface area is 208 Å². The molecule has 0 spiro atoms. The summed E-state index contributed by atoms with van der Waals surface area (Å²) in [6, 6.07) is 6.29. The van der Waals surface area contributed by atoms with E-state index in [1.54, 1.807) is 12.1 Å². The number of hydrogen-bond acceptors (Lipinski definition) is 9. The third-order valence-corrected chi connectivity index (χ3v) is 4.92. The Hall–Kier alpha value is -3.99. The predicted octanol–water partition coefficient (Wildman–Crippen LogP) is 2.81. The van der Waals surface area contributed by atoms with Gasteiger partial charge in [-0.3, -0.25) is 9.59 Å². The molecule has 0 bridgehead atoms. The number of amides is 1. The minimum Gasteiger partial charge on any atom is -0.493 e. The van der Waals surface area contributed by atoms with Gasteiger partial charge in [0, 0.05) is 32.2 Å². The number of rotatable bonds is 13. The van der Waals surface area contributed by atoms with E-state index in [4.69, 9.17) is 23.7 Å². The Morgan fingerprint density at radius 2 is 1.83 bits per heavy atom. The van der Waals surface area contributed by atoms with Gasteiger partial charge in [0.05, 0.1) is 13.7 Å². The van der Waals surface area contributed by atoms with E-state index >= 15 is 0 Å².